The molecule has 0 radical (unpaired) electrons. The minimum atomic E-state index is -4.46. The first-order valence-corrected chi connectivity index (χ1v) is 11.8. The summed E-state index contributed by atoms with van der Waals surface area (Å²) in [4.78, 5) is 11.4. The van der Waals surface area contributed by atoms with Gasteiger partial charge in [0.05, 0.1) is 12.7 Å². The van der Waals surface area contributed by atoms with Crippen molar-refractivity contribution in [1.29, 1.82) is 0 Å². The maximum Gasteiger partial charge on any atom is 0.416 e. The molecule has 0 spiro atoms. The molecule has 0 heterocycles. The Morgan fingerprint density at radius 2 is 1.85 bits per heavy atom. The molecule has 4 rings (SSSR count). The molecule has 3 aromatic rings. The van der Waals surface area contributed by atoms with E-state index in [-0.39, 0.29) is 36.4 Å². The molecular formula is C28H30F3NO2. The number of methoxy groups -OCH3 is 1. The van der Waals surface area contributed by atoms with Crippen molar-refractivity contribution in [3.8, 4) is 0 Å². The molecule has 1 aliphatic rings. The lowest BCUT2D eigenvalue weighted by molar-refractivity contribution is -0.142. The van der Waals surface area contributed by atoms with Crippen LogP contribution in [0.1, 0.15) is 66.8 Å². The number of nitrogens with one attached hydrogen (secondary N) is 1. The van der Waals surface area contributed by atoms with Crippen LogP contribution in [0.15, 0.2) is 60.7 Å². The van der Waals surface area contributed by atoms with Gasteiger partial charge in [-0.1, -0.05) is 54.6 Å². The molecule has 3 atom stereocenters. The molecule has 0 bridgehead atoms. The van der Waals surface area contributed by atoms with Gasteiger partial charge >= 0.3 is 12.1 Å². The molecule has 0 aliphatic heterocycles. The van der Waals surface area contributed by atoms with Crippen LogP contribution in [0.25, 0.3) is 10.8 Å². The van der Waals surface area contributed by atoms with Crippen molar-refractivity contribution < 1.29 is 22.7 Å². The molecule has 34 heavy (non-hydrogen) atoms. The first kappa shape index (κ1) is 24.3. The fourth-order valence-electron chi connectivity index (χ4n) is 5.18. The fourth-order valence-corrected chi connectivity index (χ4v) is 5.18. The number of rotatable bonds is 7. The maximum atomic E-state index is 13.8. The van der Waals surface area contributed by atoms with Gasteiger partial charge in [-0.05, 0) is 72.1 Å². The lowest BCUT2D eigenvalue weighted by atomic mass is 9.92. The molecule has 3 nitrogen and oxygen atoms in total. The summed E-state index contributed by atoms with van der Waals surface area (Å²) in [5.41, 5.74) is 1.44. The average Bonchev–Trinajstić information content (AvgIpc) is 3.29. The van der Waals surface area contributed by atoms with Crippen molar-refractivity contribution in [2.75, 3.05) is 7.11 Å². The van der Waals surface area contributed by atoms with Crippen molar-refractivity contribution in [3.05, 3.63) is 82.9 Å². The Morgan fingerprint density at radius 3 is 2.62 bits per heavy atom. The highest BCUT2D eigenvalue weighted by Crippen LogP contribution is 2.40. The van der Waals surface area contributed by atoms with Crippen molar-refractivity contribution in [1.82, 2.24) is 5.32 Å². The van der Waals surface area contributed by atoms with Gasteiger partial charge in [0.2, 0.25) is 0 Å². The Labute approximate surface area is 198 Å². The summed E-state index contributed by atoms with van der Waals surface area (Å²) >= 11 is 0. The van der Waals surface area contributed by atoms with Gasteiger partial charge in [-0.2, -0.15) is 13.2 Å². The van der Waals surface area contributed by atoms with Crippen LogP contribution >= 0.6 is 0 Å². The van der Waals surface area contributed by atoms with Crippen LogP contribution in [0.2, 0.25) is 0 Å². The molecule has 1 aliphatic carbocycles. The number of esters is 1. The first-order valence-electron chi connectivity index (χ1n) is 11.8. The zero-order valence-electron chi connectivity index (χ0n) is 19.5. The van der Waals surface area contributed by atoms with Gasteiger partial charge in [0.25, 0.3) is 0 Å². The third-order valence-electron chi connectivity index (χ3n) is 6.95. The lowest BCUT2D eigenvalue weighted by Crippen LogP contribution is -2.29. The highest BCUT2D eigenvalue weighted by atomic mass is 19.4. The molecule has 1 saturated carbocycles. The Hall–Kier alpha value is -2.86. The summed E-state index contributed by atoms with van der Waals surface area (Å²) in [7, 11) is 1.24. The van der Waals surface area contributed by atoms with Crippen LogP contribution in [0.5, 0.6) is 0 Å². The van der Waals surface area contributed by atoms with Crippen molar-refractivity contribution in [2.24, 2.45) is 0 Å². The molecule has 3 aromatic carbocycles. The van der Waals surface area contributed by atoms with Gasteiger partial charge in [0.15, 0.2) is 0 Å². The molecule has 2 unspecified atom stereocenters. The van der Waals surface area contributed by atoms with E-state index in [2.05, 4.69) is 47.3 Å². The fraction of sp³-hybridized carbons (Fsp3) is 0.393. The summed E-state index contributed by atoms with van der Waals surface area (Å²) in [6.07, 6.45) is -1.95. The summed E-state index contributed by atoms with van der Waals surface area (Å²) in [5.74, 6) is -0.435. The second kappa shape index (κ2) is 10.2. The lowest BCUT2D eigenvalue weighted by Gasteiger charge is -2.22. The number of ether oxygens (including phenoxy) is 1. The minimum absolute atomic E-state index is 0.0131. The number of halogens is 3. The molecule has 0 amide bonds. The van der Waals surface area contributed by atoms with E-state index in [1.54, 1.807) is 6.07 Å². The van der Waals surface area contributed by atoms with Crippen molar-refractivity contribution in [3.63, 3.8) is 0 Å². The quantitative estimate of drug-likeness (QED) is 0.381. The van der Waals surface area contributed by atoms with E-state index < -0.39 is 17.7 Å². The number of fused-ring (bicyclic) bond motifs is 1. The van der Waals surface area contributed by atoms with E-state index >= 15 is 0 Å². The number of hydrogen-bond donors (Lipinski definition) is 1. The maximum absolute atomic E-state index is 13.8. The van der Waals surface area contributed by atoms with Crippen LogP contribution in [-0.4, -0.2) is 19.1 Å². The van der Waals surface area contributed by atoms with Crippen LogP contribution < -0.4 is 5.32 Å². The second-order valence-corrected chi connectivity index (χ2v) is 9.15. The summed E-state index contributed by atoms with van der Waals surface area (Å²) in [5, 5.41) is 6.13. The van der Waals surface area contributed by atoms with E-state index in [4.69, 9.17) is 0 Å². The molecule has 0 saturated heterocycles. The van der Waals surface area contributed by atoms with Gasteiger partial charge < -0.3 is 10.1 Å². The third-order valence-corrected chi connectivity index (χ3v) is 6.95. The van der Waals surface area contributed by atoms with Gasteiger partial charge in [0, 0.05) is 18.5 Å². The van der Waals surface area contributed by atoms with E-state index in [0.29, 0.717) is 0 Å². The predicted molar refractivity (Wildman–Crippen MR) is 128 cm³/mol. The average molecular weight is 470 g/mol. The highest BCUT2D eigenvalue weighted by molar-refractivity contribution is 5.86. The number of benzene rings is 3. The Morgan fingerprint density at radius 1 is 1.09 bits per heavy atom. The SMILES string of the molecule is COC(=O)CCc1ccc([C@H]2CCC(NC(C)c3cccc4ccccc34)C2)cc1C(F)(F)F. The van der Waals surface area contributed by atoms with Gasteiger partial charge in [-0.3, -0.25) is 4.79 Å². The Kier molecular flexibility index (Phi) is 7.27. The molecule has 6 heteroatoms. The van der Waals surface area contributed by atoms with Crippen LogP contribution in [0, 0.1) is 0 Å². The van der Waals surface area contributed by atoms with E-state index in [0.717, 1.165) is 24.8 Å². The summed E-state index contributed by atoms with van der Waals surface area (Å²) in [6.45, 7) is 2.15. The monoisotopic (exact) mass is 469 g/mol. The van der Waals surface area contributed by atoms with Crippen LogP contribution in [0.3, 0.4) is 0 Å². The Balaban J connectivity index is 1.46. The van der Waals surface area contributed by atoms with E-state index in [9.17, 15) is 18.0 Å². The number of alkyl halides is 3. The first-order chi connectivity index (χ1) is 16.3. The molecule has 1 fully saturated rings. The van der Waals surface area contributed by atoms with Gasteiger partial charge in [0.1, 0.15) is 0 Å². The van der Waals surface area contributed by atoms with Crippen LogP contribution in [-0.2, 0) is 22.1 Å². The van der Waals surface area contributed by atoms with Crippen molar-refractivity contribution >= 4 is 16.7 Å². The molecule has 1 N–H and O–H groups in total. The largest absolute Gasteiger partial charge is 0.469 e. The van der Waals surface area contributed by atoms with Gasteiger partial charge in [-0.15, -0.1) is 0 Å². The van der Waals surface area contributed by atoms with E-state index in [1.807, 2.05) is 12.1 Å². The highest BCUT2D eigenvalue weighted by Gasteiger charge is 2.35. The zero-order valence-corrected chi connectivity index (χ0v) is 19.5. The molecule has 180 valence electrons. The third kappa shape index (κ3) is 5.44. The summed E-state index contributed by atoms with van der Waals surface area (Å²) < 4.78 is 45.8. The zero-order chi connectivity index (χ0) is 24.3. The molecular weight excluding hydrogens is 439 g/mol. The number of carbonyl (C=O) groups is 1. The van der Waals surface area contributed by atoms with Crippen molar-refractivity contribution in [2.45, 2.75) is 63.2 Å². The van der Waals surface area contributed by atoms with Crippen LogP contribution in [0.4, 0.5) is 13.2 Å². The number of aryl methyl sites for hydroxylation is 1. The smallest absolute Gasteiger partial charge is 0.416 e. The summed E-state index contributed by atoms with van der Waals surface area (Å²) in [6, 6.07) is 19.6. The second-order valence-electron chi connectivity index (χ2n) is 9.15. The Bertz CT molecular complexity index is 1150. The number of carbonyl (C=O) groups excluding carboxylic acids is 1. The minimum Gasteiger partial charge on any atom is -0.469 e. The standard InChI is InChI=1S/C28H30F3NO2/c1-18(24-9-5-7-19-6-3-4-8-25(19)24)32-23-14-12-21(16-23)22-11-10-20(13-15-27(33)34-2)26(17-22)28(29,30)31/h3-11,17-18,21,23,32H,12-16H2,1-2H3/t18?,21-,23?/m0/s1. The normalized spacial score (nSPS) is 19.3. The topological polar surface area (TPSA) is 38.3 Å². The van der Waals surface area contributed by atoms with Gasteiger partial charge in [-0.25, -0.2) is 0 Å². The molecule has 0 aromatic heterocycles. The predicted octanol–water partition coefficient (Wildman–Crippen LogP) is 6.95. The van der Waals surface area contributed by atoms with E-state index in [1.165, 1.54) is 35.6 Å². The number of hydrogen-bond acceptors (Lipinski definition) is 3.